The first-order valence-corrected chi connectivity index (χ1v) is 12.0. The average Bonchev–Trinajstić information content (AvgIpc) is 3.30. The molecule has 8 nitrogen and oxygen atoms in total. The molecule has 0 amide bonds. The number of benzene rings is 2. The van der Waals surface area contributed by atoms with Crippen LogP contribution in [0.2, 0.25) is 10.2 Å². The molecule has 3 heterocycles. The van der Waals surface area contributed by atoms with Crippen LogP contribution in [0.25, 0.3) is 27.8 Å². The molecule has 2 atom stereocenters. The van der Waals surface area contributed by atoms with E-state index in [1.807, 2.05) is 12.1 Å². The van der Waals surface area contributed by atoms with Crippen LogP contribution in [0.3, 0.4) is 0 Å². The Morgan fingerprint density at radius 1 is 0.972 bits per heavy atom. The van der Waals surface area contributed by atoms with E-state index < -0.39 is 0 Å². The highest BCUT2D eigenvalue weighted by molar-refractivity contribution is 6.31. The van der Waals surface area contributed by atoms with E-state index >= 15 is 0 Å². The molecule has 0 bridgehead atoms. The lowest BCUT2D eigenvalue weighted by atomic mass is 9.74. The smallest absolute Gasteiger partial charge is 0.251 e. The topological polar surface area (TPSA) is 87.7 Å². The Balaban J connectivity index is 1.41. The van der Waals surface area contributed by atoms with E-state index in [9.17, 15) is 4.79 Å². The Bertz CT molecular complexity index is 1660. The molecule has 10 heteroatoms. The van der Waals surface area contributed by atoms with Gasteiger partial charge in [-0.05, 0) is 48.7 Å². The zero-order valence-corrected chi connectivity index (χ0v) is 20.6. The van der Waals surface area contributed by atoms with Crippen LogP contribution < -0.4 is 10.3 Å². The standard InChI is InChI=1S/C26H19Cl2N6O2/c1-36-24-13-33(22-7-4-17(22)15-2-5-20-21(10-15)30-9-8-29-20)26(35)12-19(24)18-11-16(27)3-6-23(18)34-14-25(28)31-32-34/h2-3,5-14,17,22H,4H2,1H3. The second-order valence-corrected chi connectivity index (χ2v) is 9.34. The van der Waals surface area contributed by atoms with E-state index in [4.69, 9.17) is 27.9 Å². The summed E-state index contributed by atoms with van der Waals surface area (Å²) in [6.07, 6.45) is 9.70. The molecule has 0 spiro atoms. The Labute approximate surface area is 216 Å². The van der Waals surface area contributed by atoms with Crippen molar-refractivity contribution in [2.24, 2.45) is 0 Å². The van der Waals surface area contributed by atoms with Crippen LogP contribution in [0.15, 0.2) is 72.0 Å². The molecule has 1 aliphatic rings. The molecule has 6 rings (SSSR count). The van der Waals surface area contributed by atoms with E-state index in [0.717, 1.165) is 23.0 Å². The maximum Gasteiger partial charge on any atom is 0.251 e. The first-order chi connectivity index (χ1) is 17.5. The molecule has 0 aliphatic heterocycles. The van der Waals surface area contributed by atoms with Gasteiger partial charge in [-0.25, -0.2) is 4.68 Å². The fourth-order valence-electron chi connectivity index (χ4n) is 4.67. The predicted molar refractivity (Wildman–Crippen MR) is 138 cm³/mol. The lowest BCUT2D eigenvalue weighted by Gasteiger charge is -2.38. The molecule has 1 radical (unpaired) electrons. The van der Waals surface area contributed by atoms with Crippen molar-refractivity contribution in [3.05, 3.63) is 99.8 Å². The molecular weight excluding hydrogens is 499 g/mol. The predicted octanol–water partition coefficient (Wildman–Crippen LogP) is 5.29. The molecular formula is C26H19Cl2N6O2. The van der Waals surface area contributed by atoms with Crippen molar-refractivity contribution in [3.8, 4) is 22.6 Å². The lowest BCUT2D eigenvalue weighted by molar-refractivity contribution is 0.336. The summed E-state index contributed by atoms with van der Waals surface area (Å²) in [6.45, 7) is 0. The van der Waals surface area contributed by atoms with Crippen LogP contribution in [0, 0.1) is 6.42 Å². The van der Waals surface area contributed by atoms with Crippen molar-refractivity contribution < 1.29 is 4.74 Å². The molecule has 0 saturated heterocycles. The van der Waals surface area contributed by atoms with Crippen molar-refractivity contribution >= 4 is 34.2 Å². The Kier molecular flexibility index (Phi) is 5.70. The summed E-state index contributed by atoms with van der Waals surface area (Å²) in [5, 5.41) is 8.69. The van der Waals surface area contributed by atoms with Crippen LogP contribution in [0.4, 0.5) is 0 Å². The van der Waals surface area contributed by atoms with Gasteiger partial charge in [0.05, 0.1) is 36.2 Å². The van der Waals surface area contributed by atoms with Crippen molar-refractivity contribution in [2.45, 2.75) is 18.4 Å². The van der Waals surface area contributed by atoms with Crippen LogP contribution >= 0.6 is 23.2 Å². The number of halogens is 2. The van der Waals surface area contributed by atoms with Crippen LogP contribution in [0.1, 0.15) is 23.9 Å². The van der Waals surface area contributed by atoms with Gasteiger partial charge in [0.25, 0.3) is 5.56 Å². The maximum absolute atomic E-state index is 13.4. The number of ether oxygens (including phenoxy) is 1. The molecule has 2 aromatic carbocycles. The minimum atomic E-state index is -0.153. The average molecular weight is 518 g/mol. The normalized spacial score (nSPS) is 17.2. The zero-order chi connectivity index (χ0) is 24.8. The highest BCUT2D eigenvalue weighted by Crippen LogP contribution is 2.46. The number of fused-ring (bicyclic) bond motifs is 1. The number of aromatic nitrogens is 6. The van der Waals surface area contributed by atoms with E-state index in [2.05, 4.69) is 32.8 Å². The third kappa shape index (κ3) is 3.92. The van der Waals surface area contributed by atoms with Crippen LogP contribution in [-0.2, 0) is 0 Å². The third-order valence-corrected chi connectivity index (χ3v) is 6.92. The molecule has 1 fully saturated rings. The van der Waals surface area contributed by atoms with Gasteiger partial charge in [0.1, 0.15) is 5.75 Å². The molecule has 2 unspecified atom stereocenters. The zero-order valence-electron chi connectivity index (χ0n) is 19.0. The fraction of sp³-hybridized carbons (Fsp3) is 0.154. The van der Waals surface area contributed by atoms with Gasteiger partial charge < -0.3 is 9.30 Å². The van der Waals surface area contributed by atoms with E-state index in [1.165, 1.54) is 4.68 Å². The second-order valence-electron chi connectivity index (χ2n) is 8.52. The van der Waals surface area contributed by atoms with Gasteiger partial charge in [0.2, 0.25) is 0 Å². The maximum atomic E-state index is 13.4. The molecule has 3 aromatic heterocycles. The fourth-order valence-corrected chi connectivity index (χ4v) is 4.96. The highest BCUT2D eigenvalue weighted by atomic mass is 35.5. The van der Waals surface area contributed by atoms with E-state index in [0.29, 0.717) is 27.6 Å². The highest BCUT2D eigenvalue weighted by Gasteiger charge is 2.35. The quantitative estimate of drug-likeness (QED) is 0.314. The second kappa shape index (κ2) is 9.04. The molecule has 179 valence electrons. The number of hydrogen-bond donors (Lipinski definition) is 0. The number of pyridine rings is 1. The van der Waals surface area contributed by atoms with Crippen molar-refractivity contribution in [1.82, 2.24) is 29.5 Å². The Hall–Kier alpha value is -3.75. The van der Waals surface area contributed by atoms with Crippen molar-refractivity contribution in [3.63, 3.8) is 0 Å². The molecule has 1 saturated carbocycles. The summed E-state index contributed by atoms with van der Waals surface area (Å²) in [7, 11) is 1.58. The van der Waals surface area contributed by atoms with Crippen molar-refractivity contribution in [2.75, 3.05) is 7.11 Å². The molecule has 0 N–H and O–H groups in total. The van der Waals surface area contributed by atoms with Gasteiger partial charge in [-0.15, -0.1) is 5.10 Å². The molecule has 5 aromatic rings. The minimum Gasteiger partial charge on any atom is -0.495 e. The first-order valence-electron chi connectivity index (χ1n) is 11.2. The third-order valence-electron chi connectivity index (χ3n) is 6.51. The Morgan fingerprint density at radius 2 is 1.81 bits per heavy atom. The summed E-state index contributed by atoms with van der Waals surface area (Å²) < 4.78 is 9.00. The molecule has 36 heavy (non-hydrogen) atoms. The van der Waals surface area contributed by atoms with Gasteiger partial charge in [-0.1, -0.05) is 34.5 Å². The largest absolute Gasteiger partial charge is 0.495 e. The van der Waals surface area contributed by atoms with Gasteiger partial charge in [0, 0.05) is 46.6 Å². The van der Waals surface area contributed by atoms with Crippen LogP contribution in [0.5, 0.6) is 5.75 Å². The Morgan fingerprint density at radius 3 is 2.53 bits per heavy atom. The number of hydrogen-bond acceptors (Lipinski definition) is 6. The van der Waals surface area contributed by atoms with E-state index in [-0.39, 0.29) is 22.7 Å². The number of methoxy groups -OCH3 is 1. The molecule has 1 aliphatic carbocycles. The van der Waals surface area contributed by atoms with Gasteiger partial charge in [-0.2, -0.15) is 0 Å². The lowest BCUT2D eigenvalue weighted by Crippen LogP contribution is -2.34. The first kappa shape index (κ1) is 22.7. The van der Waals surface area contributed by atoms with Gasteiger partial charge in [0.15, 0.2) is 5.15 Å². The number of nitrogens with zero attached hydrogens (tertiary/aromatic N) is 6. The monoisotopic (exact) mass is 517 g/mol. The summed E-state index contributed by atoms with van der Waals surface area (Å²) >= 11 is 12.3. The summed E-state index contributed by atoms with van der Waals surface area (Å²) in [5.74, 6) is 0.677. The number of rotatable bonds is 5. The van der Waals surface area contributed by atoms with Crippen LogP contribution in [-0.4, -0.2) is 36.6 Å². The SMILES string of the molecule is COc1cn(C2[CH]CC2c2ccc3nccnc3c2)c(=O)cc1-c1cc(Cl)ccc1-n1cc(Cl)nn1. The summed E-state index contributed by atoms with van der Waals surface area (Å²) in [5.41, 5.74) is 4.58. The van der Waals surface area contributed by atoms with Gasteiger partial charge in [-0.3, -0.25) is 14.8 Å². The minimum absolute atomic E-state index is 0.109. The summed E-state index contributed by atoms with van der Waals surface area (Å²) in [4.78, 5) is 22.2. The van der Waals surface area contributed by atoms with Crippen molar-refractivity contribution in [1.29, 1.82) is 0 Å². The summed E-state index contributed by atoms with van der Waals surface area (Å²) in [6, 6.07) is 12.8. The van der Waals surface area contributed by atoms with Gasteiger partial charge >= 0.3 is 0 Å². The van der Waals surface area contributed by atoms with E-state index in [1.54, 1.807) is 60.7 Å².